The first kappa shape index (κ1) is 19.4. The van der Waals surface area contributed by atoms with Crippen molar-refractivity contribution >= 4 is 21.6 Å². The maximum Gasteiger partial charge on any atom is 0.119 e. The molecule has 0 bridgehead atoms. The van der Waals surface area contributed by atoms with E-state index in [4.69, 9.17) is 9.72 Å². The lowest BCUT2D eigenvalue weighted by Crippen LogP contribution is -2.40. The number of benzene rings is 2. The van der Waals surface area contributed by atoms with Crippen molar-refractivity contribution in [3.05, 3.63) is 59.1 Å². The monoisotopic (exact) mass is 396 g/mol. The average molecular weight is 397 g/mol. The van der Waals surface area contributed by atoms with Gasteiger partial charge in [0.2, 0.25) is 0 Å². The summed E-state index contributed by atoms with van der Waals surface area (Å²) >= 11 is 1.83. The molecule has 148 valence electrons. The van der Waals surface area contributed by atoms with Crippen LogP contribution in [0, 0.1) is 0 Å². The van der Waals surface area contributed by atoms with Gasteiger partial charge in [-0.05, 0) is 62.2 Å². The van der Waals surface area contributed by atoms with E-state index in [0.717, 1.165) is 43.6 Å². The molecular formula is C23H28N2O2S. The predicted molar refractivity (Wildman–Crippen MR) is 115 cm³/mol. The maximum absolute atomic E-state index is 10.4. The molecule has 3 aromatic rings. The Morgan fingerprint density at radius 3 is 2.61 bits per heavy atom. The first-order valence-electron chi connectivity index (χ1n) is 10.2. The number of hydrogen-bond acceptors (Lipinski definition) is 5. The quantitative estimate of drug-likeness (QED) is 0.640. The van der Waals surface area contributed by atoms with Crippen LogP contribution in [-0.2, 0) is 6.42 Å². The molecule has 2 aromatic carbocycles. The SMILES string of the molecule is CCc1ccc(OC[C@@H](O)CN2CCC(c3nc4ccccc4s3)CC2)cc1. The summed E-state index contributed by atoms with van der Waals surface area (Å²) in [7, 11) is 0. The van der Waals surface area contributed by atoms with Crippen molar-refractivity contribution in [2.24, 2.45) is 0 Å². The van der Waals surface area contributed by atoms with E-state index in [-0.39, 0.29) is 0 Å². The molecule has 1 N–H and O–H groups in total. The Kier molecular flexibility index (Phi) is 6.25. The van der Waals surface area contributed by atoms with Gasteiger partial charge in [0.05, 0.1) is 15.2 Å². The van der Waals surface area contributed by atoms with Gasteiger partial charge in [-0.15, -0.1) is 11.3 Å². The lowest BCUT2D eigenvalue weighted by Gasteiger charge is -2.32. The Morgan fingerprint density at radius 2 is 1.89 bits per heavy atom. The third kappa shape index (κ3) is 4.72. The van der Waals surface area contributed by atoms with Gasteiger partial charge in [-0.2, -0.15) is 0 Å². The summed E-state index contributed by atoms with van der Waals surface area (Å²) in [6.45, 7) is 5.15. The van der Waals surface area contributed by atoms with Crippen molar-refractivity contribution in [2.45, 2.75) is 38.2 Å². The minimum atomic E-state index is -0.468. The standard InChI is InChI=1S/C23H28N2O2S/c1-2-17-7-9-20(10-8-17)27-16-19(26)15-25-13-11-18(12-14-25)23-24-21-5-3-4-6-22(21)28-23/h3-10,18-19,26H,2,11-16H2,1H3/t19-/m0/s1. The summed E-state index contributed by atoms with van der Waals surface area (Å²) in [6, 6.07) is 16.5. The average Bonchev–Trinajstić information content (AvgIpc) is 3.17. The van der Waals surface area contributed by atoms with E-state index >= 15 is 0 Å². The van der Waals surface area contributed by atoms with Gasteiger partial charge in [0.25, 0.3) is 0 Å². The molecule has 0 unspecified atom stereocenters. The maximum atomic E-state index is 10.4. The minimum Gasteiger partial charge on any atom is -0.491 e. The van der Waals surface area contributed by atoms with Crippen molar-refractivity contribution in [3.63, 3.8) is 0 Å². The predicted octanol–water partition coefficient (Wildman–Crippen LogP) is 4.48. The number of fused-ring (bicyclic) bond motifs is 1. The van der Waals surface area contributed by atoms with Gasteiger partial charge < -0.3 is 14.7 Å². The highest BCUT2D eigenvalue weighted by molar-refractivity contribution is 7.18. The number of aliphatic hydroxyl groups excluding tert-OH is 1. The summed E-state index contributed by atoms with van der Waals surface area (Å²) in [6.07, 6.45) is 2.76. The summed E-state index contributed by atoms with van der Waals surface area (Å²) in [5.41, 5.74) is 2.41. The fourth-order valence-corrected chi connectivity index (χ4v) is 4.93. The highest BCUT2D eigenvalue weighted by Crippen LogP contribution is 2.33. The molecule has 1 fully saturated rings. The smallest absolute Gasteiger partial charge is 0.119 e. The van der Waals surface area contributed by atoms with Gasteiger partial charge in [0, 0.05) is 12.5 Å². The number of aryl methyl sites for hydroxylation is 1. The number of nitrogens with zero attached hydrogens (tertiary/aromatic N) is 2. The Labute approximate surface area is 170 Å². The third-order valence-electron chi connectivity index (χ3n) is 5.49. The second-order valence-electron chi connectivity index (χ2n) is 7.56. The number of aromatic nitrogens is 1. The van der Waals surface area contributed by atoms with E-state index in [2.05, 4.69) is 48.2 Å². The Balaban J connectivity index is 1.23. The van der Waals surface area contributed by atoms with Gasteiger partial charge >= 0.3 is 0 Å². The van der Waals surface area contributed by atoms with Crippen molar-refractivity contribution in [1.29, 1.82) is 0 Å². The van der Waals surface area contributed by atoms with E-state index < -0.39 is 6.10 Å². The van der Waals surface area contributed by atoms with Crippen molar-refractivity contribution in [1.82, 2.24) is 9.88 Å². The number of rotatable bonds is 7. The second-order valence-corrected chi connectivity index (χ2v) is 8.62. The van der Waals surface area contributed by atoms with Crippen LogP contribution in [0.25, 0.3) is 10.2 Å². The van der Waals surface area contributed by atoms with Gasteiger partial charge in [-0.3, -0.25) is 0 Å². The Morgan fingerprint density at radius 1 is 1.14 bits per heavy atom. The van der Waals surface area contributed by atoms with Crippen LogP contribution in [0.15, 0.2) is 48.5 Å². The van der Waals surface area contributed by atoms with Gasteiger partial charge in [-0.25, -0.2) is 4.98 Å². The van der Waals surface area contributed by atoms with Crippen LogP contribution in [0.2, 0.25) is 0 Å². The molecule has 0 spiro atoms. The summed E-state index contributed by atoms with van der Waals surface area (Å²) in [4.78, 5) is 7.17. The zero-order valence-electron chi connectivity index (χ0n) is 16.4. The fraction of sp³-hybridized carbons (Fsp3) is 0.435. The molecule has 1 atom stereocenters. The van der Waals surface area contributed by atoms with Gasteiger partial charge in [0.1, 0.15) is 18.5 Å². The number of likely N-dealkylation sites (tertiary alicyclic amines) is 1. The molecule has 2 heterocycles. The van der Waals surface area contributed by atoms with Gasteiger partial charge in [-0.1, -0.05) is 31.2 Å². The molecular weight excluding hydrogens is 368 g/mol. The molecule has 0 aliphatic carbocycles. The summed E-state index contributed by atoms with van der Waals surface area (Å²) in [5.74, 6) is 1.37. The largest absolute Gasteiger partial charge is 0.491 e. The zero-order chi connectivity index (χ0) is 19.3. The molecule has 5 heteroatoms. The number of para-hydroxylation sites is 1. The van der Waals surface area contributed by atoms with Crippen molar-refractivity contribution in [2.75, 3.05) is 26.2 Å². The summed E-state index contributed by atoms with van der Waals surface area (Å²) < 4.78 is 7.03. The van der Waals surface area contributed by atoms with E-state index in [1.807, 2.05) is 23.5 Å². The number of ether oxygens (including phenoxy) is 1. The first-order valence-corrected chi connectivity index (χ1v) is 11.0. The number of aliphatic hydroxyl groups is 1. The molecule has 4 rings (SSSR count). The lowest BCUT2D eigenvalue weighted by molar-refractivity contribution is 0.0594. The second kappa shape index (κ2) is 9.03. The van der Waals surface area contributed by atoms with Crippen LogP contribution < -0.4 is 4.74 Å². The minimum absolute atomic E-state index is 0.337. The third-order valence-corrected chi connectivity index (χ3v) is 6.69. The number of β-amino-alcohol motifs (C(OH)–C–C–N with tert-alkyl or cyclic N) is 1. The molecule has 0 radical (unpaired) electrons. The molecule has 1 aliphatic heterocycles. The van der Waals surface area contributed by atoms with Crippen LogP contribution >= 0.6 is 11.3 Å². The van der Waals surface area contributed by atoms with E-state index in [0.29, 0.717) is 19.1 Å². The van der Waals surface area contributed by atoms with Crippen LogP contribution in [0.5, 0.6) is 5.75 Å². The van der Waals surface area contributed by atoms with Crippen LogP contribution in [-0.4, -0.2) is 47.3 Å². The molecule has 1 aliphatic rings. The van der Waals surface area contributed by atoms with Crippen LogP contribution in [0.4, 0.5) is 0 Å². The fourth-order valence-electron chi connectivity index (χ4n) is 3.79. The Hall–Kier alpha value is -1.95. The lowest BCUT2D eigenvalue weighted by atomic mass is 9.97. The van der Waals surface area contributed by atoms with Gasteiger partial charge in [0.15, 0.2) is 0 Å². The number of hydrogen-bond donors (Lipinski definition) is 1. The van der Waals surface area contributed by atoms with Crippen LogP contribution in [0.1, 0.15) is 36.3 Å². The van der Waals surface area contributed by atoms with E-state index in [1.54, 1.807) is 0 Å². The Bertz CT molecular complexity index is 852. The molecule has 0 saturated carbocycles. The number of thiazole rings is 1. The van der Waals surface area contributed by atoms with E-state index in [1.165, 1.54) is 15.3 Å². The zero-order valence-corrected chi connectivity index (χ0v) is 17.2. The van der Waals surface area contributed by atoms with Crippen LogP contribution in [0.3, 0.4) is 0 Å². The molecule has 4 nitrogen and oxygen atoms in total. The molecule has 28 heavy (non-hydrogen) atoms. The highest BCUT2D eigenvalue weighted by Gasteiger charge is 2.24. The first-order chi connectivity index (χ1) is 13.7. The van der Waals surface area contributed by atoms with Crippen molar-refractivity contribution < 1.29 is 9.84 Å². The summed E-state index contributed by atoms with van der Waals surface area (Å²) in [5, 5.41) is 11.6. The molecule has 1 saturated heterocycles. The highest BCUT2D eigenvalue weighted by atomic mass is 32.1. The van der Waals surface area contributed by atoms with E-state index in [9.17, 15) is 5.11 Å². The molecule has 0 amide bonds. The van der Waals surface area contributed by atoms with Crippen molar-refractivity contribution in [3.8, 4) is 5.75 Å². The topological polar surface area (TPSA) is 45.6 Å². The number of piperidine rings is 1. The molecule has 1 aromatic heterocycles. The normalized spacial score (nSPS) is 17.1.